The minimum absolute atomic E-state index is 0.161. The number of hydrogen-bond donors (Lipinski definition) is 2. The lowest BCUT2D eigenvalue weighted by molar-refractivity contribution is -0.274. The summed E-state index contributed by atoms with van der Waals surface area (Å²) >= 11 is 0. The van der Waals surface area contributed by atoms with E-state index in [1.54, 1.807) is 13.1 Å². The van der Waals surface area contributed by atoms with Crippen molar-refractivity contribution in [3.63, 3.8) is 0 Å². The summed E-state index contributed by atoms with van der Waals surface area (Å²) in [6, 6.07) is 5.79. The fourth-order valence-electron chi connectivity index (χ4n) is 2.01. The molecule has 1 unspecified atom stereocenters. The summed E-state index contributed by atoms with van der Waals surface area (Å²) in [5.41, 5.74) is 1.09. The highest BCUT2D eigenvalue weighted by atomic mass is 19.4. The minimum Gasteiger partial charge on any atom is -0.480 e. The Kier molecular flexibility index (Phi) is 4.89. The first-order valence-electron chi connectivity index (χ1n) is 6.55. The van der Waals surface area contributed by atoms with E-state index >= 15 is 0 Å². The smallest absolute Gasteiger partial charge is 0.480 e. The van der Waals surface area contributed by atoms with E-state index < -0.39 is 18.4 Å². The monoisotopic (exact) mass is 329 g/mol. The molecule has 23 heavy (non-hydrogen) atoms. The van der Waals surface area contributed by atoms with Gasteiger partial charge in [-0.25, -0.2) is 0 Å². The Hall–Kier alpha value is -2.55. The van der Waals surface area contributed by atoms with Crippen molar-refractivity contribution in [3.05, 3.63) is 47.8 Å². The molecule has 0 bridgehead atoms. The van der Waals surface area contributed by atoms with Crippen LogP contribution in [-0.2, 0) is 18.4 Å². The standard InChI is InChI=1S/C14H14F3N3O3/c1-20-11(6-7-19-20)12(13(21)22)18-8-9-2-4-10(5-3-9)23-14(15,16)17/h2-7,12,18H,8H2,1H3,(H,21,22). The average molecular weight is 329 g/mol. The van der Waals surface area contributed by atoms with Crippen molar-refractivity contribution in [1.82, 2.24) is 15.1 Å². The summed E-state index contributed by atoms with van der Waals surface area (Å²) in [4.78, 5) is 11.3. The molecule has 0 aliphatic heterocycles. The fourth-order valence-corrected chi connectivity index (χ4v) is 2.01. The number of benzene rings is 1. The van der Waals surface area contributed by atoms with Crippen LogP contribution in [0, 0.1) is 0 Å². The van der Waals surface area contributed by atoms with Gasteiger partial charge in [0, 0.05) is 19.8 Å². The predicted molar refractivity (Wildman–Crippen MR) is 73.5 cm³/mol. The Morgan fingerprint density at radius 2 is 2.00 bits per heavy atom. The third kappa shape index (κ3) is 4.71. The highest BCUT2D eigenvalue weighted by molar-refractivity contribution is 5.74. The molecule has 6 nitrogen and oxygen atoms in total. The second kappa shape index (κ2) is 6.69. The number of carboxylic acids is 1. The van der Waals surface area contributed by atoms with E-state index in [4.69, 9.17) is 0 Å². The van der Waals surface area contributed by atoms with E-state index in [0.29, 0.717) is 11.3 Å². The lowest BCUT2D eigenvalue weighted by atomic mass is 10.1. The molecular weight excluding hydrogens is 315 g/mol. The number of nitrogens with zero attached hydrogens (tertiary/aromatic N) is 2. The van der Waals surface area contributed by atoms with Crippen LogP contribution in [0.1, 0.15) is 17.3 Å². The molecular formula is C14H14F3N3O3. The summed E-state index contributed by atoms with van der Waals surface area (Å²) in [6.45, 7) is 0.161. The number of carboxylic acid groups (broad SMARTS) is 1. The zero-order valence-electron chi connectivity index (χ0n) is 12.0. The molecule has 0 aliphatic carbocycles. The molecule has 1 aromatic heterocycles. The maximum absolute atomic E-state index is 12.1. The number of rotatable bonds is 6. The molecule has 0 fully saturated rings. The third-order valence-electron chi connectivity index (χ3n) is 3.07. The van der Waals surface area contributed by atoms with Crippen LogP contribution in [0.4, 0.5) is 13.2 Å². The molecule has 0 amide bonds. The van der Waals surface area contributed by atoms with Gasteiger partial charge in [-0.2, -0.15) is 5.10 Å². The van der Waals surface area contributed by atoms with Crippen molar-refractivity contribution in [2.45, 2.75) is 18.9 Å². The van der Waals surface area contributed by atoms with E-state index in [1.165, 1.54) is 35.1 Å². The van der Waals surface area contributed by atoms with Crippen molar-refractivity contribution in [2.75, 3.05) is 0 Å². The highest BCUT2D eigenvalue weighted by Gasteiger charge is 2.31. The van der Waals surface area contributed by atoms with Crippen LogP contribution in [0.15, 0.2) is 36.5 Å². The van der Waals surface area contributed by atoms with Gasteiger partial charge in [0.25, 0.3) is 0 Å². The van der Waals surface area contributed by atoms with Crippen LogP contribution in [0.25, 0.3) is 0 Å². The minimum atomic E-state index is -4.74. The number of aryl methyl sites for hydroxylation is 1. The van der Waals surface area contributed by atoms with E-state index in [0.717, 1.165) is 0 Å². The van der Waals surface area contributed by atoms with Crippen molar-refractivity contribution in [2.24, 2.45) is 7.05 Å². The van der Waals surface area contributed by atoms with Gasteiger partial charge in [0.15, 0.2) is 0 Å². The Morgan fingerprint density at radius 3 is 2.48 bits per heavy atom. The summed E-state index contributed by atoms with van der Waals surface area (Å²) in [7, 11) is 1.62. The van der Waals surface area contributed by atoms with Crippen molar-refractivity contribution in [1.29, 1.82) is 0 Å². The molecule has 0 saturated carbocycles. The number of aliphatic carboxylic acids is 1. The number of nitrogens with one attached hydrogen (secondary N) is 1. The Morgan fingerprint density at radius 1 is 1.35 bits per heavy atom. The molecule has 1 atom stereocenters. The largest absolute Gasteiger partial charge is 0.573 e. The maximum atomic E-state index is 12.1. The quantitative estimate of drug-likeness (QED) is 0.850. The molecule has 2 rings (SSSR count). The Labute approximate surface area is 129 Å². The second-order valence-electron chi connectivity index (χ2n) is 4.72. The molecule has 0 saturated heterocycles. The second-order valence-corrected chi connectivity index (χ2v) is 4.72. The van der Waals surface area contributed by atoms with Gasteiger partial charge in [0.05, 0.1) is 5.69 Å². The molecule has 0 aliphatic rings. The predicted octanol–water partition coefficient (Wildman–Crippen LogP) is 2.23. The van der Waals surface area contributed by atoms with Crippen molar-refractivity contribution in [3.8, 4) is 5.75 Å². The number of aromatic nitrogens is 2. The van der Waals surface area contributed by atoms with Crippen LogP contribution in [0.2, 0.25) is 0 Å². The van der Waals surface area contributed by atoms with Gasteiger partial charge >= 0.3 is 12.3 Å². The first-order chi connectivity index (χ1) is 10.8. The summed E-state index contributed by atoms with van der Waals surface area (Å²) in [5, 5.41) is 16.0. The fraction of sp³-hybridized carbons (Fsp3) is 0.286. The molecule has 1 aromatic carbocycles. The summed E-state index contributed by atoms with van der Waals surface area (Å²) in [5.74, 6) is -1.41. The highest BCUT2D eigenvalue weighted by Crippen LogP contribution is 2.23. The van der Waals surface area contributed by atoms with Gasteiger partial charge in [-0.3, -0.25) is 14.8 Å². The van der Waals surface area contributed by atoms with Crippen LogP contribution in [0.5, 0.6) is 5.75 Å². The topological polar surface area (TPSA) is 76.4 Å². The van der Waals surface area contributed by atoms with Crippen molar-refractivity contribution >= 4 is 5.97 Å². The molecule has 0 spiro atoms. The number of alkyl halides is 3. The van der Waals surface area contributed by atoms with E-state index in [-0.39, 0.29) is 12.3 Å². The van der Waals surface area contributed by atoms with Gasteiger partial charge in [-0.1, -0.05) is 12.1 Å². The van der Waals surface area contributed by atoms with E-state index in [1.807, 2.05) is 0 Å². The van der Waals surface area contributed by atoms with Crippen LogP contribution in [-0.4, -0.2) is 27.2 Å². The zero-order valence-corrected chi connectivity index (χ0v) is 12.0. The molecule has 2 aromatic rings. The van der Waals surface area contributed by atoms with Gasteiger partial charge in [-0.05, 0) is 23.8 Å². The van der Waals surface area contributed by atoms with Crippen molar-refractivity contribution < 1.29 is 27.8 Å². The number of ether oxygens (including phenoxy) is 1. The van der Waals surface area contributed by atoms with E-state index in [9.17, 15) is 23.1 Å². The van der Waals surface area contributed by atoms with Crippen LogP contribution < -0.4 is 10.1 Å². The Balaban J connectivity index is 2.01. The lowest BCUT2D eigenvalue weighted by Crippen LogP contribution is -2.29. The van der Waals surface area contributed by atoms with E-state index in [2.05, 4.69) is 15.2 Å². The molecule has 124 valence electrons. The lowest BCUT2D eigenvalue weighted by Gasteiger charge is -2.15. The molecule has 1 heterocycles. The van der Waals surface area contributed by atoms with Gasteiger partial charge in [0.1, 0.15) is 11.8 Å². The number of carbonyl (C=O) groups is 1. The van der Waals surface area contributed by atoms with Crippen LogP contribution >= 0.6 is 0 Å². The average Bonchev–Trinajstić information content (AvgIpc) is 2.85. The number of hydrogen-bond acceptors (Lipinski definition) is 4. The SMILES string of the molecule is Cn1nccc1C(NCc1ccc(OC(F)(F)F)cc1)C(=O)O. The normalized spacial score (nSPS) is 12.9. The molecule has 0 radical (unpaired) electrons. The third-order valence-corrected chi connectivity index (χ3v) is 3.07. The molecule has 9 heteroatoms. The zero-order chi connectivity index (χ0) is 17.0. The Bertz CT molecular complexity index is 668. The summed E-state index contributed by atoms with van der Waals surface area (Å²) in [6.07, 6.45) is -3.26. The van der Waals surface area contributed by atoms with Gasteiger partial charge in [0.2, 0.25) is 0 Å². The first kappa shape index (κ1) is 16.8. The summed E-state index contributed by atoms with van der Waals surface area (Å²) < 4.78 is 41.4. The first-order valence-corrected chi connectivity index (χ1v) is 6.55. The van der Waals surface area contributed by atoms with Gasteiger partial charge < -0.3 is 9.84 Å². The number of halogens is 3. The maximum Gasteiger partial charge on any atom is 0.573 e. The molecule has 2 N–H and O–H groups in total. The van der Waals surface area contributed by atoms with Crippen LogP contribution in [0.3, 0.4) is 0 Å². The van der Waals surface area contributed by atoms with Gasteiger partial charge in [-0.15, -0.1) is 13.2 Å².